The molecule has 0 aliphatic carbocycles. The zero-order valence-electron chi connectivity index (χ0n) is 7.53. The highest BCUT2D eigenvalue weighted by molar-refractivity contribution is 6.18. The summed E-state index contributed by atoms with van der Waals surface area (Å²) in [7, 11) is 1.75. The van der Waals surface area contributed by atoms with Crippen LogP contribution in [0.3, 0.4) is 0 Å². The molecule has 2 nitrogen and oxygen atoms in total. The van der Waals surface area contributed by atoms with E-state index in [1.165, 1.54) is 0 Å². The van der Waals surface area contributed by atoms with Gasteiger partial charge in [0, 0.05) is 25.0 Å². The number of amides is 1. The van der Waals surface area contributed by atoms with Gasteiger partial charge in [0.25, 0.3) is 5.91 Å². The number of halogens is 1. The molecule has 0 aliphatic heterocycles. The van der Waals surface area contributed by atoms with Crippen molar-refractivity contribution >= 4 is 17.5 Å². The van der Waals surface area contributed by atoms with Crippen LogP contribution in [0.1, 0.15) is 10.4 Å². The van der Waals surface area contributed by atoms with Gasteiger partial charge >= 0.3 is 0 Å². The summed E-state index contributed by atoms with van der Waals surface area (Å²) < 4.78 is 0. The van der Waals surface area contributed by atoms with Crippen LogP contribution in [0.25, 0.3) is 0 Å². The monoisotopic (exact) mass is 197 g/mol. The quantitative estimate of drug-likeness (QED) is 0.679. The summed E-state index contributed by atoms with van der Waals surface area (Å²) in [5.41, 5.74) is 0.704. The SMILES string of the molecule is CN(CCCl)C(=O)c1ccccc1. The summed E-state index contributed by atoms with van der Waals surface area (Å²) >= 11 is 5.53. The molecule has 0 fully saturated rings. The van der Waals surface area contributed by atoms with Gasteiger partial charge in [0.2, 0.25) is 0 Å². The van der Waals surface area contributed by atoms with Crippen LogP contribution >= 0.6 is 11.6 Å². The minimum Gasteiger partial charge on any atom is -0.341 e. The van der Waals surface area contributed by atoms with E-state index in [-0.39, 0.29) is 5.91 Å². The minimum atomic E-state index is 0.0150. The highest BCUT2D eigenvalue weighted by atomic mass is 35.5. The molecule has 0 saturated carbocycles. The van der Waals surface area contributed by atoms with Gasteiger partial charge in [-0.25, -0.2) is 0 Å². The Morgan fingerprint density at radius 1 is 1.38 bits per heavy atom. The van der Waals surface area contributed by atoms with Crippen LogP contribution < -0.4 is 0 Å². The number of rotatable bonds is 3. The van der Waals surface area contributed by atoms with Crippen molar-refractivity contribution in [2.24, 2.45) is 0 Å². The Kier molecular flexibility index (Phi) is 3.77. The van der Waals surface area contributed by atoms with E-state index in [4.69, 9.17) is 11.6 Å². The van der Waals surface area contributed by atoms with Crippen molar-refractivity contribution in [2.45, 2.75) is 0 Å². The van der Waals surface area contributed by atoms with Gasteiger partial charge in [-0.05, 0) is 12.1 Å². The Morgan fingerprint density at radius 2 is 2.00 bits per heavy atom. The first kappa shape index (κ1) is 10.1. The Labute approximate surface area is 83.1 Å². The molecule has 0 saturated heterocycles. The molecular weight excluding hydrogens is 186 g/mol. The van der Waals surface area contributed by atoms with Crippen molar-refractivity contribution in [1.82, 2.24) is 4.90 Å². The third-order valence-electron chi connectivity index (χ3n) is 1.79. The molecule has 0 atom stereocenters. The molecule has 0 aliphatic rings. The number of hydrogen-bond donors (Lipinski definition) is 0. The Balaban J connectivity index is 2.68. The van der Waals surface area contributed by atoms with Crippen LogP contribution in [0.15, 0.2) is 30.3 Å². The fourth-order valence-corrected chi connectivity index (χ4v) is 1.28. The first-order chi connectivity index (χ1) is 6.25. The van der Waals surface area contributed by atoms with Crippen LogP contribution in [0.5, 0.6) is 0 Å². The van der Waals surface area contributed by atoms with Crippen molar-refractivity contribution in [2.75, 3.05) is 19.5 Å². The van der Waals surface area contributed by atoms with Gasteiger partial charge in [-0.2, -0.15) is 0 Å². The molecular formula is C10H12ClNO. The third-order valence-corrected chi connectivity index (χ3v) is 1.96. The lowest BCUT2D eigenvalue weighted by molar-refractivity contribution is 0.0803. The van der Waals surface area contributed by atoms with Crippen molar-refractivity contribution in [3.63, 3.8) is 0 Å². The molecule has 0 unspecified atom stereocenters. The lowest BCUT2D eigenvalue weighted by Crippen LogP contribution is -2.28. The maximum atomic E-state index is 11.6. The van der Waals surface area contributed by atoms with Gasteiger partial charge in [0.15, 0.2) is 0 Å². The summed E-state index contributed by atoms with van der Waals surface area (Å²) in [5.74, 6) is 0.482. The van der Waals surface area contributed by atoms with Crippen molar-refractivity contribution in [3.05, 3.63) is 35.9 Å². The number of hydrogen-bond acceptors (Lipinski definition) is 1. The van der Waals surface area contributed by atoms with Gasteiger partial charge in [-0.1, -0.05) is 18.2 Å². The first-order valence-electron chi connectivity index (χ1n) is 4.12. The van der Waals surface area contributed by atoms with Gasteiger partial charge < -0.3 is 4.90 Å². The van der Waals surface area contributed by atoms with Crippen LogP contribution in [0.4, 0.5) is 0 Å². The normalized spacial score (nSPS) is 9.69. The molecule has 1 aromatic carbocycles. The van der Waals surface area contributed by atoms with Crippen LogP contribution in [0, 0.1) is 0 Å². The van der Waals surface area contributed by atoms with E-state index in [9.17, 15) is 4.79 Å². The highest BCUT2D eigenvalue weighted by Crippen LogP contribution is 2.02. The van der Waals surface area contributed by atoms with Gasteiger partial charge in [0.1, 0.15) is 0 Å². The summed E-state index contributed by atoms with van der Waals surface area (Å²) in [6.07, 6.45) is 0. The molecule has 0 spiro atoms. The summed E-state index contributed by atoms with van der Waals surface area (Å²) in [4.78, 5) is 13.2. The molecule has 0 aromatic heterocycles. The molecule has 1 amide bonds. The van der Waals surface area contributed by atoms with Gasteiger partial charge in [-0.15, -0.1) is 11.6 Å². The Hall–Kier alpha value is -1.02. The average Bonchev–Trinajstić information content (AvgIpc) is 2.18. The molecule has 0 bridgehead atoms. The molecule has 70 valence electrons. The van der Waals surface area contributed by atoms with E-state index in [0.29, 0.717) is 18.0 Å². The van der Waals surface area contributed by atoms with Crippen molar-refractivity contribution in [3.8, 4) is 0 Å². The third kappa shape index (κ3) is 2.74. The first-order valence-corrected chi connectivity index (χ1v) is 4.65. The van der Waals surface area contributed by atoms with Crippen LogP contribution in [-0.4, -0.2) is 30.3 Å². The Morgan fingerprint density at radius 3 is 2.54 bits per heavy atom. The zero-order valence-corrected chi connectivity index (χ0v) is 8.29. The largest absolute Gasteiger partial charge is 0.341 e. The van der Waals surface area contributed by atoms with Crippen LogP contribution in [-0.2, 0) is 0 Å². The minimum absolute atomic E-state index is 0.0150. The summed E-state index contributed by atoms with van der Waals surface area (Å²) in [5, 5.41) is 0. The van der Waals surface area contributed by atoms with Gasteiger partial charge in [-0.3, -0.25) is 4.79 Å². The Bertz CT molecular complexity index is 274. The lowest BCUT2D eigenvalue weighted by atomic mass is 10.2. The summed E-state index contributed by atoms with van der Waals surface area (Å²) in [6.45, 7) is 0.579. The number of benzene rings is 1. The molecule has 0 radical (unpaired) electrons. The molecule has 0 heterocycles. The number of alkyl halides is 1. The maximum Gasteiger partial charge on any atom is 0.253 e. The molecule has 1 aromatic rings. The second kappa shape index (κ2) is 4.87. The van der Waals surface area contributed by atoms with Crippen molar-refractivity contribution < 1.29 is 4.79 Å². The highest BCUT2D eigenvalue weighted by Gasteiger charge is 2.09. The zero-order chi connectivity index (χ0) is 9.68. The average molecular weight is 198 g/mol. The molecule has 1 rings (SSSR count). The predicted octanol–water partition coefficient (Wildman–Crippen LogP) is 2.00. The van der Waals surface area contributed by atoms with Gasteiger partial charge in [0.05, 0.1) is 0 Å². The fraction of sp³-hybridized carbons (Fsp3) is 0.300. The van der Waals surface area contributed by atoms with E-state index < -0.39 is 0 Å². The van der Waals surface area contributed by atoms with E-state index >= 15 is 0 Å². The number of carbonyl (C=O) groups is 1. The lowest BCUT2D eigenvalue weighted by Gasteiger charge is -2.15. The number of nitrogens with zero attached hydrogens (tertiary/aromatic N) is 1. The van der Waals surface area contributed by atoms with E-state index in [2.05, 4.69) is 0 Å². The standard InChI is InChI=1S/C10H12ClNO/c1-12(8-7-11)10(13)9-5-3-2-4-6-9/h2-6H,7-8H2,1H3. The second-order valence-electron chi connectivity index (χ2n) is 2.78. The fourth-order valence-electron chi connectivity index (χ4n) is 1.03. The second-order valence-corrected chi connectivity index (χ2v) is 3.16. The smallest absolute Gasteiger partial charge is 0.253 e. The van der Waals surface area contributed by atoms with E-state index in [0.717, 1.165) is 0 Å². The topological polar surface area (TPSA) is 20.3 Å². The predicted molar refractivity (Wildman–Crippen MR) is 54.1 cm³/mol. The summed E-state index contributed by atoms with van der Waals surface area (Å²) in [6, 6.07) is 9.18. The van der Waals surface area contributed by atoms with Crippen LogP contribution in [0.2, 0.25) is 0 Å². The van der Waals surface area contributed by atoms with E-state index in [1.54, 1.807) is 24.1 Å². The maximum absolute atomic E-state index is 11.6. The van der Waals surface area contributed by atoms with E-state index in [1.807, 2.05) is 18.2 Å². The number of carbonyl (C=O) groups excluding carboxylic acids is 1. The molecule has 3 heteroatoms. The molecule has 13 heavy (non-hydrogen) atoms. The molecule has 0 N–H and O–H groups in total. The van der Waals surface area contributed by atoms with Crippen molar-refractivity contribution in [1.29, 1.82) is 0 Å².